The molecule has 0 unspecified atom stereocenters. The molecule has 0 amide bonds. The van der Waals surface area contributed by atoms with Crippen LogP contribution in [0.15, 0.2) is 17.3 Å². The monoisotopic (exact) mass is 238 g/mol. The Hall–Kier alpha value is -1.77. The van der Waals surface area contributed by atoms with Gasteiger partial charge in [-0.3, -0.25) is 4.98 Å². The molecule has 3 rings (SSSR count). The second kappa shape index (κ2) is 3.91. The Morgan fingerprint density at radius 3 is 3.29 bits per heavy atom. The van der Waals surface area contributed by atoms with Crippen molar-refractivity contribution in [2.45, 2.75) is 12.4 Å². The third-order valence-corrected chi connectivity index (χ3v) is 2.58. The fourth-order valence-corrected chi connectivity index (χ4v) is 1.78. The summed E-state index contributed by atoms with van der Waals surface area (Å²) in [6.45, 7) is 0.102. The number of aliphatic hydroxyl groups excluding tert-OH is 1. The van der Waals surface area contributed by atoms with Crippen LogP contribution in [0.4, 0.5) is 0 Å². The van der Waals surface area contributed by atoms with Gasteiger partial charge in [0.15, 0.2) is 11.9 Å². The summed E-state index contributed by atoms with van der Waals surface area (Å²) in [6, 6.07) is 0. The third-order valence-electron chi connectivity index (χ3n) is 2.58. The number of aromatic amines is 1. The summed E-state index contributed by atoms with van der Waals surface area (Å²) in [6.07, 6.45) is 1.84. The van der Waals surface area contributed by atoms with Crippen molar-refractivity contribution >= 4 is 5.65 Å². The van der Waals surface area contributed by atoms with Gasteiger partial charge in [-0.15, -0.1) is 0 Å². The van der Waals surface area contributed by atoms with Gasteiger partial charge in [-0.25, -0.2) is 9.78 Å². The van der Waals surface area contributed by atoms with E-state index in [4.69, 9.17) is 14.6 Å². The number of hydrogen-bond donors (Lipinski definition) is 2. The Labute approximate surface area is 94.8 Å². The molecular weight excluding hydrogens is 228 g/mol. The summed E-state index contributed by atoms with van der Waals surface area (Å²) in [5, 5.41) is 12.8. The van der Waals surface area contributed by atoms with Crippen LogP contribution in [-0.4, -0.2) is 44.2 Å². The van der Waals surface area contributed by atoms with Gasteiger partial charge in [-0.1, -0.05) is 0 Å². The molecule has 2 atom stereocenters. The Balaban J connectivity index is 2.02. The largest absolute Gasteiger partial charge is 0.391 e. The maximum absolute atomic E-state index is 11.4. The zero-order chi connectivity index (χ0) is 11.8. The van der Waals surface area contributed by atoms with E-state index in [0.717, 1.165) is 4.52 Å². The van der Waals surface area contributed by atoms with Crippen molar-refractivity contribution in [3.63, 3.8) is 0 Å². The quantitative estimate of drug-likeness (QED) is 0.683. The van der Waals surface area contributed by atoms with E-state index < -0.39 is 6.29 Å². The van der Waals surface area contributed by atoms with Crippen LogP contribution in [0.2, 0.25) is 0 Å². The van der Waals surface area contributed by atoms with Crippen LogP contribution >= 0.6 is 0 Å². The number of aliphatic hydroxyl groups is 1. The van der Waals surface area contributed by atoms with Crippen molar-refractivity contribution in [3.05, 3.63) is 28.6 Å². The fraction of sp³-hybridized carbons (Fsp3) is 0.444. The molecule has 17 heavy (non-hydrogen) atoms. The molecule has 8 nitrogen and oxygen atoms in total. The summed E-state index contributed by atoms with van der Waals surface area (Å²) in [4.78, 5) is 17.9. The number of hydrogen-bond acceptors (Lipinski definition) is 6. The summed E-state index contributed by atoms with van der Waals surface area (Å²) in [7, 11) is 0. The highest BCUT2D eigenvalue weighted by Crippen LogP contribution is 2.27. The van der Waals surface area contributed by atoms with Crippen molar-refractivity contribution < 1.29 is 14.6 Å². The highest BCUT2D eigenvalue weighted by Gasteiger charge is 2.29. The minimum Gasteiger partial charge on any atom is -0.391 e. The number of aromatic nitrogens is 4. The number of fused-ring (bicyclic) bond motifs is 1. The first-order chi connectivity index (χ1) is 8.29. The van der Waals surface area contributed by atoms with E-state index >= 15 is 0 Å². The molecular formula is C9H10N4O4. The lowest BCUT2D eigenvalue weighted by atomic mass is 10.2. The Morgan fingerprint density at radius 2 is 2.53 bits per heavy atom. The van der Waals surface area contributed by atoms with Crippen LogP contribution in [0.25, 0.3) is 5.65 Å². The zero-order valence-corrected chi connectivity index (χ0v) is 8.74. The first kappa shape index (κ1) is 10.4. The van der Waals surface area contributed by atoms with Gasteiger partial charge >= 0.3 is 5.69 Å². The van der Waals surface area contributed by atoms with Gasteiger partial charge in [0, 0.05) is 5.56 Å². The topological polar surface area (TPSA) is 102 Å². The number of H-pyrrole nitrogens is 1. The lowest BCUT2D eigenvalue weighted by molar-refractivity contribution is -0.0880. The summed E-state index contributed by atoms with van der Waals surface area (Å²) in [5.41, 5.74) is 0.742. The Bertz CT molecular complexity index is 592. The molecule has 2 aromatic rings. The highest BCUT2D eigenvalue weighted by atomic mass is 16.7. The molecule has 0 saturated carbocycles. The molecule has 1 fully saturated rings. The second-order valence-corrected chi connectivity index (χ2v) is 3.61. The van der Waals surface area contributed by atoms with Crippen LogP contribution in [0.1, 0.15) is 11.7 Å². The molecule has 0 bridgehead atoms. The van der Waals surface area contributed by atoms with Crippen LogP contribution in [-0.2, 0) is 9.47 Å². The van der Waals surface area contributed by atoms with E-state index in [1.807, 2.05) is 0 Å². The Kier molecular flexibility index (Phi) is 2.39. The molecule has 3 heterocycles. The predicted octanol–water partition coefficient (Wildman–Crippen LogP) is -1.18. The van der Waals surface area contributed by atoms with Gasteiger partial charge in [0.1, 0.15) is 6.10 Å². The van der Waals surface area contributed by atoms with E-state index in [1.54, 1.807) is 0 Å². The van der Waals surface area contributed by atoms with E-state index in [2.05, 4.69) is 15.1 Å². The third kappa shape index (κ3) is 1.62. The lowest BCUT2D eigenvalue weighted by Crippen LogP contribution is -2.17. The van der Waals surface area contributed by atoms with Gasteiger partial charge < -0.3 is 14.6 Å². The molecule has 8 heteroatoms. The Morgan fingerprint density at radius 1 is 1.65 bits per heavy atom. The smallest absolute Gasteiger partial charge is 0.349 e. The minimum atomic E-state index is -0.628. The second-order valence-electron chi connectivity index (χ2n) is 3.61. The summed E-state index contributed by atoms with van der Waals surface area (Å²) < 4.78 is 11.8. The molecule has 0 radical (unpaired) electrons. The van der Waals surface area contributed by atoms with Gasteiger partial charge in [0.25, 0.3) is 0 Å². The van der Waals surface area contributed by atoms with Gasteiger partial charge in [-0.2, -0.15) is 9.61 Å². The molecule has 1 aliphatic rings. The average molecular weight is 238 g/mol. The summed E-state index contributed by atoms with van der Waals surface area (Å²) >= 11 is 0. The average Bonchev–Trinajstić information content (AvgIpc) is 2.94. The zero-order valence-electron chi connectivity index (χ0n) is 8.74. The standard InChI is InChI=1S/C9H10N4O4/c14-2-7-16-3-6(17-7)5-1-12-13-8(5)10-4-11-9(13)15/h1,4,6-7,14H,2-3H2,(H,10,11,15)/t6-,7-/m1/s1. The first-order valence-electron chi connectivity index (χ1n) is 5.09. The first-order valence-corrected chi connectivity index (χ1v) is 5.09. The van der Waals surface area contributed by atoms with E-state index in [9.17, 15) is 4.79 Å². The highest BCUT2D eigenvalue weighted by molar-refractivity contribution is 5.46. The summed E-state index contributed by atoms with van der Waals surface area (Å²) in [5.74, 6) is 0. The SMILES string of the molecule is O=c1[nH]cnc2c([C@H]3CO[C@@H](CO)O3)cnn12. The minimum absolute atomic E-state index is 0.205. The van der Waals surface area contributed by atoms with Crippen LogP contribution in [0.3, 0.4) is 0 Å². The van der Waals surface area contributed by atoms with Gasteiger partial charge in [0.2, 0.25) is 0 Å². The van der Waals surface area contributed by atoms with Crippen molar-refractivity contribution in [3.8, 4) is 0 Å². The molecule has 0 aromatic carbocycles. The van der Waals surface area contributed by atoms with Crippen molar-refractivity contribution in [1.82, 2.24) is 19.6 Å². The molecule has 90 valence electrons. The maximum atomic E-state index is 11.4. The number of nitrogens with zero attached hydrogens (tertiary/aromatic N) is 3. The van der Waals surface area contributed by atoms with Crippen molar-refractivity contribution in [1.29, 1.82) is 0 Å². The molecule has 0 aliphatic carbocycles. The fourth-order valence-electron chi connectivity index (χ4n) is 1.78. The van der Waals surface area contributed by atoms with E-state index in [1.165, 1.54) is 12.5 Å². The lowest BCUT2D eigenvalue weighted by Gasteiger charge is -2.07. The van der Waals surface area contributed by atoms with E-state index in [0.29, 0.717) is 17.8 Å². The van der Waals surface area contributed by atoms with Gasteiger partial charge in [0.05, 0.1) is 25.7 Å². The van der Waals surface area contributed by atoms with Crippen molar-refractivity contribution in [2.75, 3.05) is 13.2 Å². The number of rotatable bonds is 2. The normalized spacial score (nSPS) is 24.5. The number of nitrogens with one attached hydrogen (secondary N) is 1. The molecule has 2 N–H and O–H groups in total. The molecule has 0 spiro atoms. The van der Waals surface area contributed by atoms with Crippen molar-refractivity contribution in [2.24, 2.45) is 0 Å². The molecule has 1 saturated heterocycles. The predicted molar refractivity (Wildman–Crippen MR) is 54.3 cm³/mol. The van der Waals surface area contributed by atoms with Crippen LogP contribution in [0.5, 0.6) is 0 Å². The van der Waals surface area contributed by atoms with E-state index in [-0.39, 0.29) is 18.4 Å². The number of ether oxygens (including phenoxy) is 2. The van der Waals surface area contributed by atoms with Crippen LogP contribution < -0.4 is 5.69 Å². The maximum Gasteiger partial charge on any atom is 0.349 e. The van der Waals surface area contributed by atoms with Gasteiger partial charge in [-0.05, 0) is 0 Å². The molecule has 2 aromatic heterocycles. The van der Waals surface area contributed by atoms with Crippen LogP contribution in [0, 0.1) is 0 Å². The molecule has 1 aliphatic heterocycles.